The van der Waals surface area contributed by atoms with Crippen molar-refractivity contribution in [1.82, 2.24) is 15.1 Å². The van der Waals surface area contributed by atoms with Crippen molar-refractivity contribution < 1.29 is 26.7 Å². The van der Waals surface area contributed by atoms with Gasteiger partial charge >= 0.3 is 18.0 Å². The van der Waals surface area contributed by atoms with Crippen molar-refractivity contribution in [2.45, 2.75) is 25.6 Å². The molecule has 0 aliphatic rings. The summed E-state index contributed by atoms with van der Waals surface area (Å²) in [6.07, 6.45) is -4.48. The van der Waals surface area contributed by atoms with Crippen molar-refractivity contribution in [1.29, 1.82) is 0 Å². The first-order valence-corrected chi connectivity index (χ1v) is 4.77. The summed E-state index contributed by atoms with van der Waals surface area (Å²) in [6.45, 7) is 1.10. The Labute approximate surface area is 98.8 Å². The van der Waals surface area contributed by atoms with Gasteiger partial charge in [0.1, 0.15) is 0 Å². The molecule has 1 heterocycles. The molecule has 0 radical (unpaired) electrons. The Bertz CT molecular complexity index is 452. The van der Waals surface area contributed by atoms with Gasteiger partial charge < -0.3 is 5.32 Å². The molecular weight excluding hydrogens is 261 g/mol. The van der Waals surface area contributed by atoms with Crippen LogP contribution >= 0.6 is 0 Å². The standard InChI is InChI=1S/C9H10F5N3O/c1-5-6(4-17(2)16-5)3-15-7(18)8(10,11)9(12,13)14/h4H,3H2,1-2H3,(H,15,18). The van der Waals surface area contributed by atoms with E-state index in [1.807, 2.05) is 0 Å². The molecule has 1 N–H and O–H groups in total. The molecular formula is C9H10F5N3O. The molecule has 1 aromatic rings. The molecule has 1 rings (SSSR count). The molecule has 0 atom stereocenters. The minimum absolute atomic E-state index is 0.365. The van der Waals surface area contributed by atoms with Crippen LogP contribution in [0.3, 0.4) is 0 Å². The summed E-state index contributed by atoms with van der Waals surface area (Å²) < 4.78 is 62.1. The van der Waals surface area contributed by atoms with Crippen LogP contribution in [0.4, 0.5) is 22.0 Å². The lowest BCUT2D eigenvalue weighted by atomic mass is 10.2. The van der Waals surface area contributed by atoms with E-state index in [2.05, 4.69) is 5.10 Å². The van der Waals surface area contributed by atoms with Gasteiger partial charge in [-0.25, -0.2) is 0 Å². The van der Waals surface area contributed by atoms with Crippen LogP contribution in [0.5, 0.6) is 0 Å². The summed E-state index contributed by atoms with van der Waals surface area (Å²) in [5, 5.41) is 5.39. The third kappa shape index (κ3) is 2.77. The van der Waals surface area contributed by atoms with Gasteiger partial charge in [-0.1, -0.05) is 0 Å². The molecule has 18 heavy (non-hydrogen) atoms. The van der Waals surface area contributed by atoms with Crippen LogP contribution in [0, 0.1) is 6.92 Å². The number of nitrogens with zero attached hydrogens (tertiary/aromatic N) is 2. The second-order valence-electron chi connectivity index (χ2n) is 3.67. The van der Waals surface area contributed by atoms with Crippen molar-refractivity contribution in [3.05, 3.63) is 17.5 Å². The summed E-state index contributed by atoms with van der Waals surface area (Å²) in [5.41, 5.74) is 0.803. The highest BCUT2D eigenvalue weighted by molar-refractivity contribution is 5.84. The van der Waals surface area contributed by atoms with E-state index in [4.69, 9.17) is 0 Å². The largest absolute Gasteiger partial charge is 0.463 e. The predicted molar refractivity (Wildman–Crippen MR) is 50.8 cm³/mol. The number of amides is 1. The molecule has 1 aromatic heterocycles. The minimum atomic E-state index is -5.90. The highest BCUT2D eigenvalue weighted by Crippen LogP contribution is 2.35. The number of carbonyl (C=O) groups is 1. The van der Waals surface area contributed by atoms with E-state index in [1.54, 1.807) is 14.0 Å². The topological polar surface area (TPSA) is 46.9 Å². The van der Waals surface area contributed by atoms with Crippen LogP contribution in [-0.2, 0) is 18.4 Å². The minimum Gasteiger partial charge on any atom is -0.346 e. The Morgan fingerprint density at radius 3 is 2.33 bits per heavy atom. The molecule has 4 nitrogen and oxygen atoms in total. The Balaban J connectivity index is 2.70. The number of aromatic nitrogens is 2. The van der Waals surface area contributed by atoms with Crippen molar-refractivity contribution >= 4 is 5.91 Å². The highest BCUT2D eigenvalue weighted by atomic mass is 19.4. The zero-order valence-electron chi connectivity index (χ0n) is 9.48. The van der Waals surface area contributed by atoms with Crippen LogP contribution in [0.15, 0.2) is 6.20 Å². The highest BCUT2D eigenvalue weighted by Gasteiger charge is 2.63. The first-order chi connectivity index (χ1) is 8.05. The van der Waals surface area contributed by atoms with Gasteiger partial charge in [-0.2, -0.15) is 27.1 Å². The number of hydrogen-bond acceptors (Lipinski definition) is 2. The maximum atomic E-state index is 12.6. The molecule has 0 saturated heterocycles. The third-order valence-corrected chi connectivity index (χ3v) is 2.20. The van der Waals surface area contributed by atoms with E-state index >= 15 is 0 Å². The van der Waals surface area contributed by atoms with Crippen molar-refractivity contribution in [3.8, 4) is 0 Å². The molecule has 0 unspecified atom stereocenters. The molecule has 9 heteroatoms. The lowest BCUT2D eigenvalue weighted by Gasteiger charge is -2.18. The number of halogens is 5. The van der Waals surface area contributed by atoms with Crippen molar-refractivity contribution in [2.75, 3.05) is 0 Å². The van der Waals surface area contributed by atoms with Gasteiger partial charge in [0.05, 0.1) is 5.69 Å². The summed E-state index contributed by atoms with van der Waals surface area (Å²) in [4.78, 5) is 10.8. The van der Waals surface area contributed by atoms with Gasteiger partial charge in [0.15, 0.2) is 0 Å². The normalized spacial score (nSPS) is 12.6. The van der Waals surface area contributed by atoms with Gasteiger partial charge in [-0.3, -0.25) is 9.48 Å². The lowest BCUT2D eigenvalue weighted by molar-refractivity contribution is -0.269. The smallest absolute Gasteiger partial charge is 0.346 e. The number of alkyl halides is 5. The van der Waals surface area contributed by atoms with Crippen LogP contribution in [0.1, 0.15) is 11.3 Å². The molecule has 0 bridgehead atoms. The Morgan fingerprint density at radius 2 is 1.94 bits per heavy atom. The fourth-order valence-corrected chi connectivity index (χ4v) is 1.24. The molecule has 1 amide bonds. The van der Waals surface area contributed by atoms with E-state index in [-0.39, 0.29) is 0 Å². The van der Waals surface area contributed by atoms with Crippen molar-refractivity contribution in [2.24, 2.45) is 7.05 Å². The van der Waals surface area contributed by atoms with Crippen LogP contribution < -0.4 is 5.32 Å². The fourth-order valence-electron chi connectivity index (χ4n) is 1.24. The second-order valence-corrected chi connectivity index (χ2v) is 3.67. The van der Waals surface area contributed by atoms with E-state index in [0.29, 0.717) is 11.3 Å². The van der Waals surface area contributed by atoms with Gasteiger partial charge in [0.25, 0.3) is 0 Å². The Kier molecular flexibility index (Phi) is 3.63. The van der Waals surface area contributed by atoms with E-state index < -0.39 is 24.6 Å². The third-order valence-electron chi connectivity index (χ3n) is 2.20. The van der Waals surface area contributed by atoms with Crippen molar-refractivity contribution in [3.63, 3.8) is 0 Å². The van der Waals surface area contributed by atoms with Gasteiger partial charge in [-0.15, -0.1) is 0 Å². The zero-order chi connectivity index (χ0) is 14.1. The summed E-state index contributed by atoms with van der Waals surface area (Å²) in [7, 11) is 1.56. The van der Waals surface area contributed by atoms with Crippen LogP contribution in [0.2, 0.25) is 0 Å². The molecule has 0 spiro atoms. The fraction of sp³-hybridized carbons (Fsp3) is 0.556. The Morgan fingerprint density at radius 1 is 1.39 bits per heavy atom. The zero-order valence-corrected chi connectivity index (χ0v) is 9.48. The number of rotatable bonds is 3. The summed E-state index contributed by atoms with van der Waals surface area (Å²) in [6, 6.07) is 0. The SMILES string of the molecule is Cc1nn(C)cc1CNC(=O)C(F)(F)C(F)(F)F. The Hall–Kier alpha value is -1.67. The van der Waals surface area contributed by atoms with Gasteiger partial charge in [0, 0.05) is 25.4 Å². The van der Waals surface area contributed by atoms with E-state index in [1.165, 1.54) is 16.2 Å². The molecule has 0 aliphatic carbocycles. The molecule has 0 saturated carbocycles. The molecule has 0 aliphatic heterocycles. The average molecular weight is 271 g/mol. The quantitative estimate of drug-likeness (QED) is 0.848. The molecule has 102 valence electrons. The summed E-state index contributed by atoms with van der Waals surface area (Å²) in [5.74, 6) is -7.78. The number of hydrogen-bond donors (Lipinski definition) is 1. The summed E-state index contributed by atoms with van der Waals surface area (Å²) >= 11 is 0. The van der Waals surface area contributed by atoms with Crippen LogP contribution in [-0.4, -0.2) is 27.8 Å². The molecule has 0 aromatic carbocycles. The average Bonchev–Trinajstić information content (AvgIpc) is 2.52. The maximum absolute atomic E-state index is 12.6. The maximum Gasteiger partial charge on any atom is 0.463 e. The van der Waals surface area contributed by atoms with Gasteiger partial charge in [-0.05, 0) is 6.92 Å². The first kappa shape index (κ1) is 14.4. The first-order valence-electron chi connectivity index (χ1n) is 4.77. The molecule has 0 fully saturated rings. The second kappa shape index (κ2) is 4.54. The van der Waals surface area contributed by atoms with E-state index in [0.717, 1.165) is 0 Å². The van der Waals surface area contributed by atoms with Crippen LogP contribution in [0.25, 0.3) is 0 Å². The lowest BCUT2D eigenvalue weighted by Crippen LogP contribution is -2.50. The van der Waals surface area contributed by atoms with Gasteiger partial charge in [0.2, 0.25) is 0 Å². The van der Waals surface area contributed by atoms with E-state index in [9.17, 15) is 26.7 Å². The number of aryl methyl sites for hydroxylation is 2. The predicted octanol–water partition coefficient (Wildman–Crippen LogP) is 1.54. The number of carbonyl (C=O) groups excluding carboxylic acids is 1. The number of nitrogens with one attached hydrogen (secondary N) is 1. The monoisotopic (exact) mass is 271 g/mol.